The summed E-state index contributed by atoms with van der Waals surface area (Å²) in [7, 11) is -4.15. The first kappa shape index (κ1) is 15.6. The fourth-order valence-corrected chi connectivity index (χ4v) is 2.79. The molecule has 1 aromatic heterocycles. The van der Waals surface area contributed by atoms with E-state index in [0.29, 0.717) is 6.07 Å². The van der Waals surface area contributed by atoms with Crippen LogP contribution in [0.4, 0.5) is 18.9 Å². The van der Waals surface area contributed by atoms with Crippen molar-refractivity contribution in [2.24, 2.45) is 0 Å². The highest BCUT2D eigenvalue weighted by atomic mass is 35.5. The Morgan fingerprint density at radius 2 is 1.86 bits per heavy atom. The first-order chi connectivity index (χ1) is 9.68. The van der Waals surface area contributed by atoms with Gasteiger partial charge in [-0.05, 0) is 30.3 Å². The maximum Gasteiger partial charge on any atom is 0.416 e. The number of anilines is 1. The van der Waals surface area contributed by atoms with Crippen LogP contribution in [0.15, 0.2) is 47.5 Å². The number of nitrogens with zero attached hydrogens (tertiary/aromatic N) is 1. The monoisotopic (exact) mass is 336 g/mol. The smallest absolute Gasteiger partial charge is 0.279 e. The molecule has 0 aliphatic rings. The molecule has 1 N–H and O–H groups in total. The lowest BCUT2D eigenvalue weighted by molar-refractivity contribution is -0.137. The van der Waals surface area contributed by atoms with Gasteiger partial charge in [0.15, 0.2) is 0 Å². The summed E-state index contributed by atoms with van der Waals surface area (Å²) >= 11 is 5.61. The van der Waals surface area contributed by atoms with E-state index < -0.39 is 26.7 Å². The molecule has 0 unspecified atom stereocenters. The minimum atomic E-state index is -4.62. The Morgan fingerprint density at radius 1 is 1.14 bits per heavy atom. The fourth-order valence-electron chi connectivity index (χ4n) is 1.52. The summed E-state index contributed by atoms with van der Waals surface area (Å²) in [6.07, 6.45) is -3.35. The number of sulfonamides is 1. The van der Waals surface area contributed by atoms with Crippen LogP contribution >= 0.6 is 11.6 Å². The van der Waals surface area contributed by atoms with Gasteiger partial charge in [-0.2, -0.15) is 13.2 Å². The molecule has 2 rings (SSSR count). The SMILES string of the molecule is O=S(=O)(Nc1ccnc(Cl)c1)c1cccc(C(F)(F)F)c1. The van der Waals surface area contributed by atoms with E-state index in [1.54, 1.807) is 0 Å². The Labute approximate surface area is 123 Å². The molecule has 0 saturated heterocycles. The molecule has 0 spiro atoms. The maximum absolute atomic E-state index is 12.6. The summed E-state index contributed by atoms with van der Waals surface area (Å²) in [5, 5.41) is 0.0549. The standard InChI is InChI=1S/C12H8ClF3N2O2S/c13-11-7-9(4-5-17-11)18-21(19,20)10-3-1-2-8(6-10)12(14,15)16/h1-7H,(H,17,18). The third-order valence-electron chi connectivity index (χ3n) is 2.45. The van der Waals surface area contributed by atoms with Crippen molar-refractivity contribution in [2.75, 3.05) is 4.72 Å². The van der Waals surface area contributed by atoms with E-state index in [9.17, 15) is 21.6 Å². The van der Waals surface area contributed by atoms with Gasteiger partial charge in [-0.3, -0.25) is 4.72 Å². The van der Waals surface area contributed by atoms with Gasteiger partial charge in [0.1, 0.15) is 5.15 Å². The molecule has 2 aromatic rings. The Morgan fingerprint density at radius 3 is 2.48 bits per heavy atom. The van der Waals surface area contributed by atoms with Crippen LogP contribution in [0, 0.1) is 0 Å². The van der Waals surface area contributed by atoms with Crippen molar-refractivity contribution in [3.05, 3.63) is 53.3 Å². The van der Waals surface area contributed by atoms with Crippen LogP contribution in [-0.2, 0) is 16.2 Å². The van der Waals surface area contributed by atoms with E-state index in [0.717, 1.165) is 18.2 Å². The van der Waals surface area contributed by atoms with Gasteiger partial charge in [-0.15, -0.1) is 0 Å². The van der Waals surface area contributed by atoms with Gasteiger partial charge in [-0.25, -0.2) is 13.4 Å². The molecule has 0 amide bonds. The topological polar surface area (TPSA) is 59.1 Å². The molecule has 0 aliphatic heterocycles. The number of benzene rings is 1. The van der Waals surface area contributed by atoms with E-state index in [-0.39, 0.29) is 10.8 Å². The molecule has 9 heteroatoms. The summed E-state index contributed by atoms with van der Waals surface area (Å²) in [5.41, 5.74) is -0.939. The first-order valence-electron chi connectivity index (χ1n) is 5.50. The molecular weight excluding hydrogens is 329 g/mol. The van der Waals surface area contributed by atoms with Crippen LogP contribution in [0.3, 0.4) is 0 Å². The van der Waals surface area contributed by atoms with Gasteiger partial charge in [-0.1, -0.05) is 17.7 Å². The molecule has 4 nitrogen and oxygen atoms in total. The van der Waals surface area contributed by atoms with Gasteiger partial charge in [0.05, 0.1) is 16.1 Å². The maximum atomic E-state index is 12.6. The predicted octanol–water partition coefficient (Wildman–Crippen LogP) is 3.55. The minimum absolute atomic E-state index is 0.0549. The molecule has 0 atom stereocenters. The minimum Gasteiger partial charge on any atom is -0.279 e. The van der Waals surface area contributed by atoms with Gasteiger partial charge in [0, 0.05) is 6.20 Å². The number of aromatic nitrogens is 1. The number of hydrogen-bond donors (Lipinski definition) is 1. The second kappa shape index (κ2) is 5.53. The summed E-state index contributed by atoms with van der Waals surface area (Å²) in [6.45, 7) is 0. The van der Waals surface area contributed by atoms with Crippen LogP contribution < -0.4 is 4.72 Å². The summed E-state index contributed by atoms with van der Waals surface area (Å²) in [6, 6.07) is 6.02. The zero-order valence-electron chi connectivity index (χ0n) is 10.2. The number of pyridine rings is 1. The van der Waals surface area contributed by atoms with Crippen molar-refractivity contribution in [2.45, 2.75) is 11.1 Å². The van der Waals surface area contributed by atoms with Crippen molar-refractivity contribution in [1.29, 1.82) is 0 Å². The summed E-state index contributed by atoms with van der Waals surface area (Å²) in [4.78, 5) is 3.18. The van der Waals surface area contributed by atoms with Crippen molar-refractivity contribution < 1.29 is 21.6 Å². The van der Waals surface area contributed by atoms with Crippen LogP contribution in [-0.4, -0.2) is 13.4 Å². The largest absolute Gasteiger partial charge is 0.416 e. The summed E-state index contributed by atoms with van der Waals surface area (Å²) < 4.78 is 64.0. The molecule has 0 radical (unpaired) electrons. The Hall–Kier alpha value is -1.80. The van der Waals surface area contributed by atoms with Crippen molar-refractivity contribution in [3.63, 3.8) is 0 Å². The lowest BCUT2D eigenvalue weighted by atomic mass is 10.2. The number of rotatable bonds is 3. The third-order valence-corrected chi connectivity index (χ3v) is 4.04. The number of hydrogen-bond acceptors (Lipinski definition) is 3. The second-order valence-corrected chi connectivity index (χ2v) is 6.07. The molecule has 0 aliphatic carbocycles. The zero-order valence-corrected chi connectivity index (χ0v) is 11.8. The molecule has 112 valence electrons. The lowest BCUT2D eigenvalue weighted by Crippen LogP contribution is -2.14. The van der Waals surface area contributed by atoms with Crippen molar-refractivity contribution >= 4 is 27.3 Å². The number of alkyl halides is 3. The fraction of sp³-hybridized carbons (Fsp3) is 0.0833. The second-order valence-electron chi connectivity index (χ2n) is 4.00. The normalized spacial score (nSPS) is 12.2. The Balaban J connectivity index is 2.36. The van der Waals surface area contributed by atoms with E-state index in [2.05, 4.69) is 9.71 Å². The predicted molar refractivity (Wildman–Crippen MR) is 71.5 cm³/mol. The molecule has 0 fully saturated rings. The van der Waals surface area contributed by atoms with Crippen LogP contribution in [0.2, 0.25) is 5.15 Å². The van der Waals surface area contributed by atoms with Crippen LogP contribution in [0.25, 0.3) is 0 Å². The third kappa shape index (κ3) is 3.85. The van der Waals surface area contributed by atoms with E-state index in [1.807, 2.05) is 0 Å². The van der Waals surface area contributed by atoms with Gasteiger partial charge in [0.2, 0.25) is 0 Å². The molecule has 0 bridgehead atoms. The van der Waals surface area contributed by atoms with Crippen molar-refractivity contribution in [1.82, 2.24) is 4.98 Å². The molecular formula is C12H8ClF3N2O2S. The van der Waals surface area contributed by atoms with Crippen LogP contribution in [0.1, 0.15) is 5.56 Å². The van der Waals surface area contributed by atoms with Gasteiger partial charge >= 0.3 is 6.18 Å². The zero-order chi connectivity index (χ0) is 15.7. The van der Waals surface area contributed by atoms with E-state index in [1.165, 1.54) is 18.3 Å². The first-order valence-corrected chi connectivity index (χ1v) is 7.36. The Kier molecular flexibility index (Phi) is 4.11. The highest BCUT2D eigenvalue weighted by Gasteiger charge is 2.31. The van der Waals surface area contributed by atoms with Crippen LogP contribution in [0.5, 0.6) is 0 Å². The van der Waals surface area contributed by atoms with E-state index in [4.69, 9.17) is 11.6 Å². The van der Waals surface area contributed by atoms with Gasteiger partial charge in [0.25, 0.3) is 10.0 Å². The lowest BCUT2D eigenvalue weighted by Gasteiger charge is -2.11. The van der Waals surface area contributed by atoms with Gasteiger partial charge < -0.3 is 0 Å². The van der Waals surface area contributed by atoms with Crippen molar-refractivity contribution in [3.8, 4) is 0 Å². The van der Waals surface area contributed by atoms with E-state index >= 15 is 0 Å². The highest BCUT2D eigenvalue weighted by Crippen LogP contribution is 2.30. The highest BCUT2D eigenvalue weighted by molar-refractivity contribution is 7.92. The average molecular weight is 337 g/mol. The summed E-state index contributed by atoms with van der Waals surface area (Å²) in [5.74, 6) is 0. The Bertz CT molecular complexity index is 763. The quantitative estimate of drug-likeness (QED) is 0.872. The number of nitrogens with one attached hydrogen (secondary N) is 1. The average Bonchev–Trinajstić information content (AvgIpc) is 2.37. The molecule has 1 heterocycles. The molecule has 21 heavy (non-hydrogen) atoms. The molecule has 1 aromatic carbocycles. The molecule has 0 saturated carbocycles. The number of halogens is 4.